The molecule has 9 rings (SSSR count). The lowest BCUT2D eigenvalue weighted by Crippen LogP contribution is -2.53. The predicted octanol–water partition coefficient (Wildman–Crippen LogP) is 6.45. The molecule has 3 amide bonds. The highest BCUT2D eigenvalue weighted by molar-refractivity contribution is 6.01. The zero-order valence-corrected chi connectivity index (χ0v) is 35.2. The number of fused-ring (bicyclic) bond motifs is 1. The van der Waals surface area contributed by atoms with E-state index in [1.54, 1.807) is 6.33 Å². The van der Waals surface area contributed by atoms with E-state index in [1.165, 1.54) is 5.56 Å². The van der Waals surface area contributed by atoms with Crippen molar-refractivity contribution in [2.24, 2.45) is 0 Å². The zero-order chi connectivity index (χ0) is 42.4. The Bertz CT molecular complexity index is 2580. The molecule has 0 bridgehead atoms. The van der Waals surface area contributed by atoms with E-state index in [9.17, 15) is 14.4 Å². The average Bonchev–Trinajstić information content (AvgIpc) is 3.92. The third-order valence-corrected chi connectivity index (χ3v) is 12.4. The van der Waals surface area contributed by atoms with Gasteiger partial charge in [0.2, 0.25) is 11.8 Å². The van der Waals surface area contributed by atoms with Crippen LogP contribution in [0.1, 0.15) is 98.5 Å². The number of pyridine rings is 1. The van der Waals surface area contributed by atoms with Crippen molar-refractivity contribution in [3.05, 3.63) is 102 Å². The number of aromatic nitrogens is 6. The molecule has 2 aromatic carbocycles. The van der Waals surface area contributed by atoms with Crippen molar-refractivity contribution >= 4 is 40.3 Å². The number of aryl methyl sites for hydroxylation is 1. The monoisotopic (exact) mass is 821 g/mol. The summed E-state index contributed by atoms with van der Waals surface area (Å²) in [5, 5.41) is 13.6. The number of carbonyl (C=O) groups excluding carboxylic acids is 3. The number of amides is 3. The van der Waals surface area contributed by atoms with Gasteiger partial charge in [0.15, 0.2) is 5.82 Å². The second-order valence-corrected chi connectivity index (χ2v) is 17.6. The lowest BCUT2D eigenvalue weighted by atomic mass is 9.75. The largest absolute Gasteiger partial charge is 0.374 e. The summed E-state index contributed by atoms with van der Waals surface area (Å²) in [4.78, 5) is 63.4. The number of benzene rings is 2. The van der Waals surface area contributed by atoms with Gasteiger partial charge >= 0.3 is 11.8 Å². The highest BCUT2D eigenvalue weighted by Gasteiger charge is 2.36. The molecule has 1 saturated carbocycles. The minimum atomic E-state index is -0.412. The lowest BCUT2D eigenvalue weighted by molar-refractivity contribution is -0.133. The van der Waals surface area contributed by atoms with Crippen LogP contribution in [0.25, 0.3) is 33.5 Å². The van der Waals surface area contributed by atoms with Crippen LogP contribution in [0.2, 0.25) is 0 Å². The van der Waals surface area contributed by atoms with Crippen molar-refractivity contribution in [2.45, 2.75) is 89.8 Å². The number of hydrogen-bond donors (Lipinski definition) is 4. The number of carbonyl (C=O) groups is 3. The maximum atomic E-state index is 12.9. The van der Waals surface area contributed by atoms with E-state index in [1.807, 2.05) is 65.1 Å². The summed E-state index contributed by atoms with van der Waals surface area (Å²) in [5.41, 5.74) is 8.29. The fraction of sp³-hybridized carbons (Fsp3) is 0.391. The predicted molar refractivity (Wildman–Crippen MR) is 232 cm³/mol. The van der Waals surface area contributed by atoms with Crippen LogP contribution in [-0.4, -0.2) is 91.0 Å². The average molecular weight is 822 g/mol. The second kappa shape index (κ2) is 16.2. The molecule has 0 unspecified atom stereocenters. The van der Waals surface area contributed by atoms with Gasteiger partial charge in [0, 0.05) is 78.1 Å². The molecule has 3 aliphatic rings. The Kier molecular flexibility index (Phi) is 10.6. The summed E-state index contributed by atoms with van der Waals surface area (Å²) >= 11 is 0. The Labute approximate surface area is 354 Å². The first-order valence-corrected chi connectivity index (χ1v) is 21.1. The van der Waals surface area contributed by atoms with Crippen LogP contribution >= 0.6 is 0 Å². The summed E-state index contributed by atoms with van der Waals surface area (Å²) in [6, 6.07) is 20.8. The highest BCUT2D eigenvalue weighted by atomic mass is 16.5. The number of aromatic amines is 1. The molecule has 3 fully saturated rings. The molecule has 2 aliphatic heterocycles. The maximum absolute atomic E-state index is 12.9. The fourth-order valence-corrected chi connectivity index (χ4v) is 8.68. The topological polar surface area (TPSA) is 187 Å². The highest BCUT2D eigenvalue weighted by Crippen LogP contribution is 2.41. The number of rotatable bonds is 10. The molecule has 15 heteroatoms. The van der Waals surface area contributed by atoms with Crippen molar-refractivity contribution < 1.29 is 18.9 Å². The normalized spacial score (nSPS) is 20.3. The van der Waals surface area contributed by atoms with Gasteiger partial charge in [-0.2, -0.15) is 4.98 Å². The summed E-state index contributed by atoms with van der Waals surface area (Å²) in [6.45, 7) is 13.7. The number of piperazine rings is 1. The number of nitrogens with one attached hydrogen (secondary N) is 4. The van der Waals surface area contributed by atoms with Gasteiger partial charge in [0.25, 0.3) is 0 Å². The van der Waals surface area contributed by atoms with E-state index < -0.39 is 5.91 Å². The number of anilines is 2. The van der Waals surface area contributed by atoms with E-state index in [4.69, 9.17) is 9.51 Å². The Balaban J connectivity index is 0.783. The Morgan fingerprint density at radius 1 is 0.934 bits per heavy atom. The SMILES string of the molecule is Cc1cc(-c2ncnc3[nH]c(-c4ccc(N5CCN([C@H]6C[C@@H](c7ccc(N[C@@H]8CCC(=O)NC8=O)cc7)C6)CC5)nc4)cc23)ccc1[C@@H](C)NC(=O)c1nc(C(C)(C)C)no1. The van der Waals surface area contributed by atoms with Crippen LogP contribution in [0.5, 0.6) is 0 Å². The minimum absolute atomic E-state index is 0.0508. The Hall–Kier alpha value is -6.48. The van der Waals surface area contributed by atoms with E-state index in [-0.39, 0.29) is 35.2 Å². The molecule has 0 spiro atoms. The van der Waals surface area contributed by atoms with Gasteiger partial charge in [-0.15, -0.1) is 0 Å². The Morgan fingerprint density at radius 2 is 1.70 bits per heavy atom. The molecule has 314 valence electrons. The summed E-state index contributed by atoms with van der Waals surface area (Å²) in [7, 11) is 0. The first kappa shape index (κ1) is 40.0. The quantitative estimate of drug-likeness (QED) is 0.111. The van der Waals surface area contributed by atoms with Crippen LogP contribution in [0.15, 0.2) is 77.7 Å². The van der Waals surface area contributed by atoms with Crippen molar-refractivity contribution in [3.63, 3.8) is 0 Å². The summed E-state index contributed by atoms with van der Waals surface area (Å²) in [5.74, 6) is 1.08. The summed E-state index contributed by atoms with van der Waals surface area (Å²) < 4.78 is 5.24. The van der Waals surface area contributed by atoms with E-state index in [0.717, 1.165) is 95.2 Å². The number of imide groups is 1. The zero-order valence-electron chi connectivity index (χ0n) is 35.2. The van der Waals surface area contributed by atoms with Gasteiger partial charge in [-0.05, 0) is 92.1 Å². The van der Waals surface area contributed by atoms with Crippen LogP contribution in [0, 0.1) is 6.92 Å². The second-order valence-electron chi connectivity index (χ2n) is 17.6. The van der Waals surface area contributed by atoms with Crippen LogP contribution in [-0.2, 0) is 15.0 Å². The Morgan fingerprint density at radius 3 is 2.39 bits per heavy atom. The van der Waals surface area contributed by atoms with E-state index in [2.05, 4.69) is 87.2 Å². The molecule has 6 aromatic rings. The number of H-pyrrole nitrogens is 1. The molecule has 2 atom stereocenters. The van der Waals surface area contributed by atoms with Crippen molar-refractivity contribution in [3.8, 4) is 22.5 Å². The van der Waals surface area contributed by atoms with Crippen molar-refractivity contribution in [2.75, 3.05) is 36.4 Å². The number of nitrogens with zero attached hydrogens (tertiary/aromatic N) is 7. The number of piperidine rings is 1. The smallest absolute Gasteiger partial charge is 0.315 e. The molecule has 4 aromatic heterocycles. The van der Waals surface area contributed by atoms with Crippen molar-refractivity contribution in [1.29, 1.82) is 0 Å². The molecule has 2 saturated heterocycles. The molecular formula is C46H51N11O4. The van der Waals surface area contributed by atoms with E-state index in [0.29, 0.717) is 30.6 Å². The molecule has 61 heavy (non-hydrogen) atoms. The van der Waals surface area contributed by atoms with E-state index >= 15 is 0 Å². The fourth-order valence-electron chi connectivity index (χ4n) is 8.68. The van der Waals surface area contributed by atoms with Gasteiger partial charge in [-0.25, -0.2) is 15.0 Å². The molecule has 4 N–H and O–H groups in total. The molecule has 1 aliphatic carbocycles. The van der Waals surface area contributed by atoms with Crippen LogP contribution < -0.4 is 20.9 Å². The minimum Gasteiger partial charge on any atom is -0.374 e. The molecule has 0 radical (unpaired) electrons. The van der Waals surface area contributed by atoms with Gasteiger partial charge in [0.1, 0.15) is 23.8 Å². The van der Waals surface area contributed by atoms with Crippen molar-refractivity contribution in [1.82, 2.24) is 45.6 Å². The van der Waals surface area contributed by atoms with Gasteiger partial charge in [-0.1, -0.05) is 50.2 Å². The standard InChI is InChI=1S/C46H51N11O4/c1-26-20-29(8-12-34(26)27(2)50-43(60)44-54-45(55-61-44)46(3,4)5)40-35-23-37(52-41(35)49-25-48-40)30-9-14-38(47-24-30)57-18-16-56(17-19-57)33-21-31(22-33)28-6-10-32(11-7-28)51-36-13-15-39(58)53-42(36)59/h6-12,14,20,23-25,27,31,33,36,51H,13,15-19,21-22H2,1-5H3,(H,50,60)(H,48,49,52)(H,53,58,59)/t27-,31-,33+,36-/m1/s1. The molecule has 15 nitrogen and oxygen atoms in total. The number of hydrogen-bond acceptors (Lipinski definition) is 12. The maximum Gasteiger partial charge on any atom is 0.315 e. The third-order valence-electron chi connectivity index (χ3n) is 12.4. The lowest BCUT2D eigenvalue weighted by Gasteiger charge is -2.47. The van der Waals surface area contributed by atoms with Gasteiger partial charge in [-0.3, -0.25) is 24.6 Å². The summed E-state index contributed by atoms with van der Waals surface area (Å²) in [6.07, 6.45) is 6.68. The molecular weight excluding hydrogens is 771 g/mol. The third kappa shape index (κ3) is 8.34. The first-order valence-electron chi connectivity index (χ1n) is 21.1. The van der Waals surface area contributed by atoms with Crippen LogP contribution in [0.4, 0.5) is 11.5 Å². The van der Waals surface area contributed by atoms with Gasteiger partial charge < -0.3 is 25.0 Å². The van der Waals surface area contributed by atoms with Gasteiger partial charge in [0.05, 0.1) is 11.7 Å². The first-order chi connectivity index (χ1) is 29.4. The van der Waals surface area contributed by atoms with Crippen LogP contribution in [0.3, 0.4) is 0 Å². The molecule has 6 heterocycles.